The van der Waals surface area contributed by atoms with Gasteiger partial charge in [-0.05, 0) is 42.5 Å². The second kappa shape index (κ2) is 8.21. The third-order valence-corrected chi connectivity index (χ3v) is 4.78. The summed E-state index contributed by atoms with van der Waals surface area (Å²) in [7, 11) is 0. The van der Waals surface area contributed by atoms with Crippen LogP contribution in [0, 0.1) is 6.92 Å². The number of tetrazole rings is 1. The van der Waals surface area contributed by atoms with E-state index in [1.165, 1.54) is 11.0 Å². The minimum Gasteiger partial charge on any atom is -0.370 e. The predicted molar refractivity (Wildman–Crippen MR) is 108 cm³/mol. The Morgan fingerprint density at radius 1 is 1.14 bits per heavy atom. The number of carbonyl (C=O) groups is 1. The van der Waals surface area contributed by atoms with Crippen molar-refractivity contribution in [2.45, 2.75) is 13.8 Å². The van der Waals surface area contributed by atoms with Gasteiger partial charge in [0.15, 0.2) is 0 Å². The Morgan fingerprint density at radius 2 is 1.97 bits per heavy atom. The topological polar surface area (TPSA) is 105 Å². The van der Waals surface area contributed by atoms with Crippen LogP contribution < -0.4 is 10.2 Å². The van der Waals surface area contributed by atoms with Gasteiger partial charge in [0.25, 0.3) is 5.91 Å². The smallest absolute Gasteiger partial charge is 0.254 e. The number of anilines is 2. The summed E-state index contributed by atoms with van der Waals surface area (Å²) in [4.78, 5) is 26.0. The second-order valence-electron chi connectivity index (χ2n) is 6.77. The van der Waals surface area contributed by atoms with Gasteiger partial charge < -0.3 is 15.1 Å². The minimum absolute atomic E-state index is 0.00628. The number of aromatic nitrogens is 6. The van der Waals surface area contributed by atoms with E-state index in [1.54, 1.807) is 0 Å². The van der Waals surface area contributed by atoms with Crippen LogP contribution in [0.1, 0.15) is 23.1 Å². The minimum atomic E-state index is 0.00628. The summed E-state index contributed by atoms with van der Waals surface area (Å²) in [6, 6.07) is 9.29. The van der Waals surface area contributed by atoms with Gasteiger partial charge in [-0.2, -0.15) is 0 Å². The van der Waals surface area contributed by atoms with Gasteiger partial charge in [0, 0.05) is 44.4 Å². The van der Waals surface area contributed by atoms with Crippen LogP contribution in [-0.4, -0.2) is 73.7 Å². The molecule has 1 saturated heterocycles. The van der Waals surface area contributed by atoms with Gasteiger partial charge >= 0.3 is 0 Å². The summed E-state index contributed by atoms with van der Waals surface area (Å²) < 4.78 is 1.54. The van der Waals surface area contributed by atoms with E-state index in [-0.39, 0.29) is 5.91 Å². The van der Waals surface area contributed by atoms with Crippen molar-refractivity contribution in [3.05, 3.63) is 48.0 Å². The molecule has 1 amide bonds. The Bertz CT molecular complexity index is 981. The SMILES string of the molecule is CCNc1cc(N2CCN(C(=O)c3cccc(-n4cnnn4)c3)CC2)nc(C)n1. The average molecular weight is 393 g/mol. The van der Waals surface area contributed by atoms with E-state index in [1.807, 2.05) is 49.1 Å². The summed E-state index contributed by atoms with van der Waals surface area (Å²) in [6.45, 7) is 7.45. The van der Waals surface area contributed by atoms with Crippen molar-refractivity contribution < 1.29 is 4.79 Å². The second-order valence-corrected chi connectivity index (χ2v) is 6.77. The molecule has 0 spiro atoms. The number of amides is 1. The van der Waals surface area contributed by atoms with Crippen LogP contribution in [0.2, 0.25) is 0 Å². The maximum atomic E-state index is 13.0. The predicted octanol–water partition coefficient (Wildman–Crippen LogP) is 1.15. The molecule has 0 radical (unpaired) electrons. The normalized spacial score (nSPS) is 14.1. The van der Waals surface area contributed by atoms with Gasteiger partial charge in [0.05, 0.1) is 5.69 Å². The van der Waals surface area contributed by atoms with E-state index in [4.69, 9.17) is 0 Å². The number of nitrogens with zero attached hydrogens (tertiary/aromatic N) is 8. The molecule has 0 saturated carbocycles. The molecule has 3 aromatic rings. The molecule has 3 heterocycles. The standard InChI is InChI=1S/C19H23N9O/c1-3-20-17-12-18(23-14(2)22-17)26-7-9-27(10-8-26)19(29)15-5-4-6-16(11-15)28-13-21-24-25-28/h4-6,11-13H,3,7-10H2,1-2H3,(H,20,22,23). The number of nitrogens with one attached hydrogen (secondary N) is 1. The van der Waals surface area contributed by atoms with Crippen LogP contribution in [0.15, 0.2) is 36.7 Å². The van der Waals surface area contributed by atoms with Crippen LogP contribution in [0.25, 0.3) is 5.69 Å². The number of benzene rings is 1. The fraction of sp³-hybridized carbons (Fsp3) is 0.368. The molecule has 10 nitrogen and oxygen atoms in total. The highest BCUT2D eigenvalue weighted by atomic mass is 16.2. The number of aryl methyl sites for hydroxylation is 1. The van der Waals surface area contributed by atoms with Crippen molar-refractivity contribution >= 4 is 17.5 Å². The highest BCUT2D eigenvalue weighted by molar-refractivity contribution is 5.95. The lowest BCUT2D eigenvalue weighted by Gasteiger charge is -2.35. The lowest BCUT2D eigenvalue weighted by atomic mass is 10.1. The third-order valence-electron chi connectivity index (χ3n) is 4.78. The first-order valence-corrected chi connectivity index (χ1v) is 9.61. The van der Waals surface area contributed by atoms with Crippen molar-refractivity contribution in [2.75, 3.05) is 42.9 Å². The molecular formula is C19H23N9O. The molecule has 0 atom stereocenters. The zero-order valence-electron chi connectivity index (χ0n) is 16.5. The van der Waals surface area contributed by atoms with Crippen molar-refractivity contribution in [3.63, 3.8) is 0 Å². The summed E-state index contributed by atoms with van der Waals surface area (Å²) in [5.41, 5.74) is 1.38. The molecule has 150 valence electrons. The molecule has 2 aromatic heterocycles. The quantitative estimate of drug-likeness (QED) is 0.688. The molecule has 1 aromatic carbocycles. The molecule has 1 aliphatic rings. The molecule has 1 N–H and O–H groups in total. The number of carbonyl (C=O) groups excluding carboxylic acids is 1. The Labute approximate surface area is 168 Å². The van der Waals surface area contributed by atoms with Crippen LogP contribution >= 0.6 is 0 Å². The Balaban J connectivity index is 1.43. The molecule has 1 fully saturated rings. The maximum absolute atomic E-state index is 13.0. The van der Waals surface area contributed by atoms with Gasteiger partial charge in [0.2, 0.25) is 0 Å². The van der Waals surface area contributed by atoms with Crippen molar-refractivity contribution in [3.8, 4) is 5.69 Å². The van der Waals surface area contributed by atoms with Crippen LogP contribution in [0.3, 0.4) is 0 Å². The summed E-state index contributed by atoms with van der Waals surface area (Å²) in [5, 5.41) is 14.4. The zero-order chi connectivity index (χ0) is 20.2. The van der Waals surface area contributed by atoms with Crippen LogP contribution in [-0.2, 0) is 0 Å². The third kappa shape index (κ3) is 4.15. The first kappa shape index (κ1) is 18.8. The van der Waals surface area contributed by atoms with Gasteiger partial charge in [-0.15, -0.1) is 5.10 Å². The van der Waals surface area contributed by atoms with Crippen molar-refractivity contribution in [1.29, 1.82) is 0 Å². The molecule has 1 aliphatic heterocycles. The Hall–Kier alpha value is -3.56. The number of rotatable bonds is 5. The maximum Gasteiger partial charge on any atom is 0.254 e. The van der Waals surface area contributed by atoms with E-state index in [9.17, 15) is 4.79 Å². The van der Waals surface area contributed by atoms with Gasteiger partial charge in [-0.25, -0.2) is 14.6 Å². The number of piperazine rings is 1. The Kier molecular flexibility index (Phi) is 5.32. The van der Waals surface area contributed by atoms with E-state index < -0.39 is 0 Å². The van der Waals surface area contributed by atoms with Crippen LogP contribution in [0.4, 0.5) is 11.6 Å². The molecule has 10 heteroatoms. The highest BCUT2D eigenvalue weighted by Gasteiger charge is 2.23. The summed E-state index contributed by atoms with van der Waals surface area (Å²) in [5.74, 6) is 2.46. The largest absolute Gasteiger partial charge is 0.370 e. The van der Waals surface area contributed by atoms with Gasteiger partial charge in [-0.1, -0.05) is 6.07 Å². The summed E-state index contributed by atoms with van der Waals surface area (Å²) >= 11 is 0. The molecule has 29 heavy (non-hydrogen) atoms. The van der Waals surface area contributed by atoms with Gasteiger partial charge in [0.1, 0.15) is 23.8 Å². The molecule has 0 bridgehead atoms. The fourth-order valence-electron chi connectivity index (χ4n) is 3.37. The lowest BCUT2D eigenvalue weighted by molar-refractivity contribution is 0.0746. The van der Waals surface area contributed by atoms with Crippen molar-refractivity contribution in [1.82, 2.24) is 35.1 Å². The van der Waals surface area contributed by atoms with E-state index in [2.05, 4.69) is 35.7 Å². The first-order valence-electron chi connectivity index (χ1n) is 9.61. The number of hydrogen-bond acceptors (Lipinski definition) is 8. The monoisotopic (exact) mass is 393 g/mol. The Morgan fingerprint density at radius 3 is 2.69 bits per heavy atom. The fourth-order valence-corrected chi connectivity index (χ4v) is 3.37. The van der Waals surface area contributed by atoms with E-state index >= 15 is 0 Å². The highest BCUT2D eigenvalue weighted by Crippen LogP contribution is 2.19. The molecular weight excluding hydrogens is 370 g/mol. The lowest BCUT2D eigenvalue weighted by Crippen LogP contribution is -2.49. The molecule has 0 unspecified atom stereocenters. The number of hydrogen-bond donors (Lipinski definition) is 1. The molecule has 0 aliphatic carbocycles. The molecule has 4 rings (SSSR count). The average Bonchev–Trinajstić information content (AvgIpc) is 3.28. The van der Waals surface area contributed by atoms with E-state index in [0.29, 0.717) is 18.7 Å². The van der Waals surface area contributed by atoms with E-state index in [0.717, 1.165) is 42.8 Å². The first-order chi connectivity index (χ1) is 14.1. The zero-order valence-corrected chi connectivity index (χ0v) is 16.5. The van der Waals surface area contributed by atoms with Crippen molar-refractivity contribution in [2.24, 2.45) is 0 Å². The van der Waals surface area contributed by atoms with Gasteiger partial charge in [-0.3, -0.25) is 4.79 Å². The van der Waals surface area contributed by atoms with Crippen LogP contribution in [0.5, 0.6) is 0 Å². The summed E-state index contributed by atoms with van der Waals surface area (Å²) in [6.07, 6.45) is 1.51.